The maximum absolute atomic E-state index is 10.4. The van der Waals surface area contributed by atoms with E-state index >= 15 is 0 Å². The highest BCUT2D eigenvalue weighted by Crippen LogP contribution is 2.09. The lowest BCUT2D eigenvalue weighted by atomic mass is 10.0. The SMILES string of the molecule is C/C=C/CCCC(C(=O)O)C(=O)O. The van der Waals surface area contributed by atoms with E-state index in [1.165, 1.54) is 0 Å². The van der Waals surface area contributed by atoms with Crippen molar-refractivity contribution >= 4 is 11.9 Å². The van der Waals surface area contributed by atoms with Gasteiger partial charge < -0.3 is 10.2 Å². The number of carboxylic acid groups (broad SMARTS) is 2. The van der Waals surface area contributed by atoms with Crippen LogP contribution in [0.25, 0.3) is 0 Å². The normalized spacial score (nSPS) is 10.9. The van der Waals surface area contributed by atoms with E-state index in [0.29, 0.717) is 6.42 Å². The number of hydrogen-bond acceptors (Lipinski definition) is 2. The Hall–Kier alpha value is -1.32. The Bertz CT molecular complexity index is 194. The first-order valence-corrected chi connectivity index (χ1v) is 4.16. The van der Waals surface area contributed by atoms with Crippen molar-refractivity contribution in [3.8, 4) is 0 Å². The summed E-state index contributed by atoms with van der Waals surface area (Å²) in [6.45, 7) is 1.87. The van der Waals surface area contributed by atoms with Gasteiger partial charge in [0.2, 0.25) is 0 Å². The van der Waals surface area contributed by atoms with Gasteiger partial charge in [-0.25, -0.2) is 0 Å². The first-order valence-electron chi connectivity index (χ1n) is 4.16. The molecule has 2 N–H and O–H groups in total. The van der Waals surface area contributed by atoms with Gasteiger partial charge in [-0.1, -0.05) is 12.2 Å². The first kappa shape index (κ1) is 11.7. The van der Waals surface area contributed by atoms with Crippen LogP contribution in [-0.2, 0) is 9.59 Å². The maximum Gasteiger partial charge on any atom is 0.317 e. The van der Waals surface area contributed by atoms with Crippen LogP contribution in [0.15, 0.2) is 12.2 Å². The topological polar surface area (TPSA) is 74.6 Å². The van der Waals surface area contributed by atoms with Crippen LogP contribution in [0.4, 0.5) is 0 Å². The highest BCUT2D eigenvalue weighted by atomic mass is 16.4. The van der Waals surface area contributed by atoms with E-state index < -0.39 is 17.9 Å². The van der Waals surface area contributed by atoms with Gasteiger partial charge in [0.25, 0.3) is 0 Å². The summed E-state index contributed by atoms with van der Waals surface area (Å²) in [5.41, 5.74) is 0. The van der Waals surface area contributed by atoms with E-state index in [-0.39, 0.29) is 6.42 Å². The third-order valence-electron chi connectivity index (χ3n) is 1.70. The number of carboxylic acids is 2. The van der Waals surface area contributed by atoms with Gasteiger partial charge in [-0.2, -0.15) is 0 Å². The minimum atomic E-state index is -1.26. The molecule has 0 aliphatic heterocycles. The lowest BCUT2D eigenvalue weighted by Crippen LogP contribution is -2.23. The van der Waals surface area contributed by atoms with Crippen LogP contribution in [0.2, 0.25) is 0 Å². The second kappa shape index (κ2) is 6.22. The Labute approximate surface area is 76.9 Å². The molecule has 0 saturated heterocycles. The second-order valence-corrected chi connectivity index (χ2v) is 2.73. The lowest BCUT2D eigenvalue weighted by molar-refractivity contribution is -0.154. The van der Waals surface area contributed by atoms with Crippen LogP contribution in [0.5, 0.6) is 0 Å². The Morgan fingerprint density at radius 2 is 1.85 bits per heavy atom. The van der Waals surface area contributed by atoms with E-state index in [1.807, 2.05) is 19.1 Å². The molecule has 0 rings (SSSR count). The molecule has 74 valence electrons. The van der Waals surface area contributed by atoms with Crippen molar-refractivity contribution in [1.29, 1.82) is 0 Å². The molecule has 0 unspecified atom stereocenters. The van der Waals surface area contributed by atoms with Gasteiger partial charge in [-0.15, -0.1) is 0 Å². The highest BCUT2D eigenvalue weighted by molar-refractivity contribution is 5.92. The summed E-state index contributed by atoms with van der Waals surface area (Å²) in [5, 5.41) is 17.0. The summed E-state index contributed by atoms with van der Waals surface area (Å²) in [6.07, 6.45) is 5.26. The Kier molecular flexibility index (Phi) is 5.59. The third kappa shape index (κ3) is 5.00. The van der Waals surface area contributed by atoms with E-state index in [1.54, 1.807) is 0 Å². The fourth-order valence-corrected chi connectivity index (χ4v) is 0.959. The average molecular weight is 186 g/mol. The third-order valence-corrected chi connectivity index (χ3v) is 1.70. The largest absolute Gasteiger partial charge is 0.481 e. The first-order chi connectivity index (χ1) is 6.09. The molecule has 0 aliphatic carbocycles. The van der Waals surface area contributed by atoms with Crippen molar-refractivity contribution in [1.82, 2.24) is 0 Å². The molecule has 0 atom stereocenters. The van der Waals surface area contributed by atoms with Crippen molar-refractivity contribution in [3.63, 3.8) is 0 Å². The van der Waals surface area contributed by atoms with Gasteiger partial charge in [0.1, 0.15) is 0 Å². The molecule has 0 saturated carbocycles. The van der Waals surface area contributed by atoms with Gasteiger partial charge in [-0.05, 0) is 26.2 Å². The molecule has 0 aromatic heterocycles. The quantitative estimate of drug-likeness (QED) is 0.374. The van der Waals surface area contributed by atoms with E-state index in [4.69, 9.17) is 10.2 Å². The van der Waals surface area contributed by atoms with Gasteiger partial charge in [0.15, 0.2) is 5.92 Å². The fourth-order valence-electron chi connectivity index (χ4n) is 0.959. The van der Waals surface area contributed by atoms with Crippen LogP contribution in [0, 0.1) is 5.92 Å². The second-order valence-electron chi connectivity index (χ2n) is 2.73. The molecule has 0 aromatic carbocycles. The predicted molar refractivity (Wildman–Crippen MR) is 47.4 cm³/mol. The number of hydrogen-bond donors (Lipinski definition) is 2. The van der Waals surface area contributed by atoms with E-state index in [2.05, 4.69) is 0 Å². The van der Waals surface area contributed by atoms with Crippen LogP contribution >= 0.6 is 0 Å². The Morgan fingerprint density at radius 3 is 2.23 bits per heavy atom. The summed E-state index contributed by atoms with van der Waals surface area (Å²) in [4.78, 5) is 20.8. The number of allylic oxidation sites excluding steroid dienone is 2. The molecule has 13 heavy (non-hydrogen) atoms. The maximum atomic E-state index is 10.4. The van der Waals surface area contributed by atoms with Crippen LogP contribution < -0.4 is 0 Å². The monoisotopic (exact) mass is 186 g/mol. The number of aliphatic carboxylic acids is 2. The Balaban J connectivity index is 3.84. The highest BCUT2D eigenvalue weighted by Gasteiger charge is 2.24. The van der Waals surface area contributed by atoms with E-state index in [9.17, 15) is 9.59 Å². The van der Waals surface area contributed by atoms with Gasteiger partial charge in [0, 0.05) is 0 Å². The molecule has 0 spiro atoms. The molecule has 0 aromatic rings. The summed E-state index contributed by atoms with van der Waals surface area (Å²) in [7, 11) is 0. The smallest absolute Gasteiger partial charge is 0.317 e. The van der Waals surface area contributed by atoms with Crippen molar-refractivity contribution in [3.05, 3.63) is 12.2 Å². The zero-order chi connectivity index (χ0) is 10.3. The molecule has 0 amide bonds. The molecule has 4 nitrogen and oxygen atoms in total. The molecule has 0 heterocycles. The molecular weight excluding hydrogens is 172 g/mol. The molecule has 0 bridgehead atoms. The molecule has 4 heteroatoms. The molecule has 0 aliphatic rings. The molecule has 0 fully saturated rings. The predicted octanol–water partition coefficient (Wildman–Crippen LogP) is 1.52. The van der Waals surface area contributed by atoms with Crippen molar-refractivity contribution in [2.24, 2.45) is 5.92 Å². The zero-order valence-corrected chi connectivity index (χ0v) is 7.56. The minimum Gasteiger partial charge on any atom is -0.481 e. The number of rotatable bonds is 6. The number of carbonyl (C=O) groups is 2. The standard InChI is InChI=1S/C9H14O4/c1-2-3-4-5-6-7(8(10)11)9(12)13/h2-3,7H,4-6H2,1H3,(H,10,11)(H,12,13)/b3-2+. The van der Waals surface area contributed by atoms with E-state index in [0.717, 1.165) is 6.42 Å². The van der Waals surface area contributed by atoms with Gasteiger partial charge >= 0.3 is 11.9 Å². The number of unbranched alkanes of at least 4 members (excludes halogenated alkanes) is 1. The fraction of sp³-hybridized carbons (Fsp3) is 0.556. The zero-order valence-electron chi connectivity index (χ0n) is 7.56. The summed E-state index contributed by atoms with van der Waals surface area (Å²) < 4.78 is 0. The minimum absolute atomic E-state index is 0.189. The lowest BCUT2D eigenvalue weighted by Gasteiger charge is -2.04. The van der Waals surface area contributed by atoms with Crippen molar-refractivity contribution in [2.45, 2.75) is 26.2 Å². The average Bonchev–Trinajstić information content (AvgIpc) is 2.02. The van der Waals surface area contributed by atoms with Crippen molar-refractivity contribution in [2.75, 3.05) is 0 Å². The van der Waals surface area contributed by atoms with Crippen LogP contribution in [-0.4, -0.2) is 22.2 Å². The van der Waals surface area contributed by atoms with Crippen LogP contribution in [0.3, 0.4) is 0 Å². The molecule has 0 radical (unpaired) electrons. The summed E-state index contributed by atoms with van der Waals surface area (Å²) in [6, 6.07) is 0. The molecular formula is C9H14O4. The van der Waals surface area contributed by atoms with Crippen LogP contribution in [0.1, 0.15) is 26.2 Å². The summed E-state index contributed by atoms with van der Waals surface area (Å²) in [5.74, 6) is -3.77. The van der Waals surface area contributed by atoms with Gasteiger partial charge in [-0.3, -0.25) is 9.59 Å². The van der Waals surface area contributed by atoms with Crippen molar-refractivity contribution < 1.29 is 19.8 Å². The summed E-state index contributed by atoms with van der Waals surface area (Å²) >= 11 is 0. The Morgan fingerprint density at radius 1 is 1.31 bits per heavy atom. The van der Waals surface area contributed by atoms with Gasteiger partial charge in [0.05, 0.1) is 0 Å².